The Morgan fingerprint density at radius 1 is 1.15 bits per heavy atom. The number of halogens is 3. The monoisotopic (exact) mass is 471 g/mol. The molecule has 9 nitrogen and oxygen atoms in total. The second-order valence-corrected chi connectivity index (χ2v) is 7.34. The maximum atomic E-state index is 13.8. The molecule has 0 radical (unpaired) electrons. The van der Waals surface area contributed by atoms with Gasteiger partial charge in [0.1, 0.15) is 0 Å². The Hall–Kier alpha value is -4.61. The molecule has 4 aromatic rings. The van der Waals surface area contributed by atoms with Gasteiger partial charge in [-0.15, -0.1) is 0 Å². The van der Waals surface area contributed by atoms with Crippen molar-refractivity contribution in [2.45, 2.75) is 12.7 Å². The van der Waals surface area contributed by atoms with Crippen LogP contribution < -0.4 is 16.2 Å². The number of urea groups is 1. The van der Waals surface area contributed by atoms with E-state index < -0.39 is 29.3 Å². The summed E-state index contributed by atoms with van der Waals surface area (Å²) in [6, 6.07) is 8.14. The molecule has 4 rings (SSSR count). The van der Waals surface area contributed by atoms with Gasteiger partial charge in [0, 0.05) is 18.1 Å². The number of aromatic carboxylic acids is 1. The first-order valence-corrected chi connectivity index (χ1v) is 9.71. The number of aromatic amines is 1. The van der Waals surface area contributed by atoms with Crippen LogP contribution in [-0.2, 0) is 12.7 Å². The van der Waals surface area contributed by atoms with Gasteiger partial charge >= 0.3 is 18.2 Å². The van der Waals surface area contributed by atoms with Crippen LogP contribution in [0.4, 0.5) is 23.7 Å². The number of carbonyl (C=O) groups is 2. The van der Waals surface area contributed by atoms with Crippen LogP contribution in [0.5, 0.6) is 0 Å². The van der Waals surface area contributed by atoms with Crippen LogP contribution in [-0.4, -0.2) is 31.6 Å². The summed E-state index contributed by atoms with van der Waals surface area (Å²) in [5, 5.41) is 9.02. The van der Waals surface area contributed by atoms with E-state index in [-0.39, 0.29) is 28.8 Å². The Morgan fingerprint density at radius 2 is 1.85 bits per heavy atom. The number of carbonyl (C=O) groups excluding carboxylic acids is 1. The molecule has 0 aliphatic rings. The molecule has 4 N–H and O–H groups in total. The molecule has 0 fully saturated rings. The number of hydrogen-bond acceptors (Lipinski definition) is 4. The van der Waals surface area contributed by atoms with Gasteiger partial charge in [-0.3, -0.25) is 9.69 Å². The van der Waals surface area contributed by atoms with Crippen LogP contribution in [0.25, 0.3) is 16.7 Å². The van der Waals surface area contributed by atoms with Crippen molar-refractivity contribution in [3.05, 3.63) is 88.1 Å². The number of nitrogens with zero attached hydrogens (tertiary/aromatic N) is 3. The summed E-state index contributed by atoms with van der Waals surface area (Å²) in [5.74, 6) is -1.14. The summed E-state index contributed by atoms with van der Waals surface area (Å²) >= 11 is 0. The van der Waals surface area contributed by atoms with Gasteiger partial charge in [-0.1, -0.05) is 0 Å². The van der Waals surface area contributed by atoms with Gasteiger partial charge in [0.25, 0.3) is 5.56 Å². The number of amides is 2. The molecule has 0 saturated heterocycles. The highest BCUT2D eigenvalue weighted by Gasteiger charge is 2.34. The zero-order valence-corrected chi connectivity index (χ0v) is 17.2. The molecule has 0 unspecified atom stereocenters. The lowest BCUT2D eigenvalue weighted by Crippen LogP contribution is -2.35. The standard InChI is InChI=1S/C22H16F3N5O4/c23-22(24,25)15-7-17-16(27-9-19(31)28-17)8-18(15)29-6-5-12(10-29)11-30(21(26)34)14-3-1-13(2-4-14)20(32)33/h1-10H,11H2,(H2,26,34)(H,28,31)(H,32,33). The zero-order chi connectivity index (χ0) is 24.6. The normalized spacial score (nSPS) is 11.5. The molecule has 2 aromatic heterocycles. The van der Waals surface area contributed by atoms with Gasteiger partial charge in [0.2, 0.25) is 0 Å². The summed E-state index contributed by atoms with van der Waals surface area (Å²) in [6.45, 7) is -0.0742. The van der Waals surface area contributed by atoms with Crippen LogP contribution >= 0.6 is 0 Å². The van der Waals surface area contributed by atoms with E-state index in [1.54, 1.807) is 0 Å². The molecule has 0 saturated carbocycles. The van der Waals surface area contributed by atoms with Crippen LogP contribution in [0.3, 0.4) is 0 Å². The maximum Gasteiger partial charge on any atom is 0.418 e. The summed E-state index contributed by atoms with van der Waals surface area (Å²) < 4.78 is 42.5. The number of aromatic nitrogens is 3. The van der Waals surface area contributed by atoms with E-state index >= 15 is 0 Å². The number of alkyl halides is 3. The van der Waals surface area contributed by atoms with Crippen LogP contribution in [0.15, 0.2) is 65.8 Å². The summed E-state index contributed by atoms with van der Waals surface area (Å²) in [4.78, 5) is 41.9. The highest BCUT2D eigenvalue weighted by Crippen LogP contribution is 2.36. The average Bonchev–Trinajstić information content (AvgIpc) is 3.24. The smallest absolute Gasteiger partial charge is 0.418 e. The minimum atomic E-state index is -4.72. The SMILES string of the molecule is NC(=O)N(Cc1ccn(-c2cc3ncc(=O)[nH]c3cc2C(F)(F)F)c1)c1ccc(C(=O)O)cc1. The molecule has 2 aromatic carbocycles. The molecule has 12 heteroatoms. The highest BCUT2D eigenvalue weighted by atomic mass is 19.4. The summed E-state index contributed by atoms with van der Waals surface area (Å²) in [5.41, 5.74) is 4.54. The number of primary amides is 1. The molecule has 2 amide bonds. The lowest BCUT2D eigenvalue weighted by atomic mass is 10.1. The van der Waals surface area contributed by atoms with E-state index in [1.165, 1.54) is 53.4 Å². The molecule has 0 spiro atoms. The number of anilines is 1. The van der Waals surface area contributed by atoms with Gasteiger partial charge < -0.3 is 20.4 Å². The zero-order valence-electron chi connectivity index (χ0n) is 17.2. The number of benzene rings is 2. The van der Waals surface area contributed by atoms with Gasteiger partial charge in [-0.25, -0.2) is 14.6 Å². The molecule has 174 valence electrons. The Kier molecular flexibility index (Phi) is 5.57. The fraction of sp³-hybridized carbons (Fsp3) is 0.0909. The number of fused-ring (bicyclic) bond motifs is 1. The minimum absolute atomic E-state index is 0.0188. The van der Waals surface area contributed by atoms with E-state index in [2.05, 4.69) is 9.97 Å². The van der Waals surface area contributed by atoms with Crippen molar-refractivity contribution in [2.75, 3.05) is 4.90 Å². The maximum absolute atomic E-state index is 13.8. The molecular weight excluding hydrogens is 455 g/mol. The lowest BCUT2D eigenvalue weighted by Gasteiger charge is -2.20. The van der Waals surface area contributed by atoms with Crippen LogP contribution in [0, 0.1) is 0 Å². The van der Waals surface area contributed by atoms with E-state index in [4.69, 9.17) is 10.8 Å². The van der Waals surface area contributed by atoms with Crippen molar-refractivity contribution < 1.29 is 27.9 Å². The predicted octanol–water partition coefficient (Wildman–Crippen LogP) is 3.52. The summed E-state index contributed by atoms with van der Waals surface area (Å²) in [6.07, 6.45) is -0.944. The minimum Gasteiger partial charge on any atom is -0.478 e. The van der Waals surface area contributed by atoms with Crippen molar-refractivity contribution in [2.24, 2.45) is 5.73 Å². The third-order valence-electron chi connectivity index (χ3n) is 5.06. The van der Waals surface area contributed by atoms with Crippen molar-refractivity contribution in [1.29, 1.82) is 0 Å². The topological polar surface area (TPSA) is 134 Å². The number of nitrogens with two attached hydrogens (primary N) is 1. The van der Waals surface area contributed by atoms with E-state index in [9.17, 15) is 27.6 Å². The number of carboxylic acids is 1. The van der Waals surface area contributed by atoms with Gasteiger partial charge in [-0.2, -0.15) is 13.2 Å². The Labute approximate surface area is 188 Å². The van der Waals surface area contributed by atoms with Gasteiger partial charge in [-0.05, 0) is 48.0 Å². The molecule has 0 aliphatic heterocycles. The Bertz CT molecular complexity index is 1460. The first-order valence-electron chi connectivity index (χ1n) is 9.71. The van der Waals surface area contributed by atoms with E-state index in [1.807, 2.05) is 0 Å². The molecular formula is C22H16F3N5O4. The molecule has 34 heavy (non-hydrogen) atoms. The Balaban J connectivity index is 1.71. The number of hydrogen-bond donors (Lipinski definition) is 3. The largest absolute Gasteiger partial charge is 0.478 e. The fourth-order valence-electron chi connectivity index (χ4n) is 3.47. The van der Waals surface area contributed by atoms with Crippen LogP contribution in [0.1, 0.15) is 21.5 Å². The van der Waals surface area contributed by atoms with E-state index in [0.29, 0.717) is 11.3 Å². The Morgan fingerprint density at radius 3 is 2.47 bits per heavy atom. The molecule has 2 heterocycles. The van der Waals surface area contributed by atoms with Gasteiger partial charge in [0.05, 0.1) is 40.6 Å². The molecule has 0 aliphatic carbocycles. The number of rotatable bonds is 5. The average molecular weight is 471 g/mol. The second kappa shape index (κ2) is 8.39. The second-order valence-electron chi connectivity index (χ2n) is 7.34. The summed E-state index contributed by atoms with van der Waals surface area (Å²) in [7, 11) is 0. The quantitative estimate of drug-likeness (QED) is 0.410. The van der Waals surface area contributed by atoms with Crippen LogP contribution in [0.2, 0.25) is 0 Å². The predicted molar refractivity (Wildman–Crippen MR) is 116 cm³/mol. The third-order valence-corrected chi connectivity index (χ3v) is 5.06. The molecule has 0 atom stereocenters. The molecule has 0 bridgehead atoms. The fourth-order valence-corrected chi connectivity index (χ4v) is 3.47. The number of H-pyrrole nitrogens is 1. The van der Waals surface area contributed by atoms with E-state index in [0.717, 1.165) is 17.2 Å². The van der Waals surface area contributed by atoms with Crippen molar-refractivity contribution in [3.63, 3.8) is 0 Å². The van der Waals surface area contributed by atoms with Crippen molar-refractivity contribution >= 4 is 28.7 Å². The van der Waals surface area contributed by atoms with Crippen molar-refractivity contribution in [1.82, 2.24) is 14.5 Å². The number of nitrogens with one attached hydrogen (secondary N) is 1. The van der Waals surface area contributed by atoms with Crippen molar-refractivity contribution in [3.8, 4) is 5.69 Å². The third kappa shape index (κ3) is 4.46. The van der Waals surface area contributed by atoms with Gasteiger partial charge in [0.15, 0.2) is 0 Å². The first kappa shape index (κ1) is 22.6. The lowest BCUT2D eigenvalue weighted by molar-refractivity contribution is -0.137. The highest BCUT2D eigenvalue weighted by molar-refractivity contribution is 5.92. The number of carboxylic acid groups (broad SMARTS) is 1. The first-order chi connectivity index (χ1) is 16.0.